The predicted octanol–water partition coefficient (Wildman–Crippen LogP) is 6.40. The number of aliphatic hydroxyl groups is 1. The zero-order chi connectivity index (χ0) is 23.5. The van der Waals surface area contributed by atoms with Gasteiger partial charge in [-0.15, -0.1) is 0 Å². The van der Waals surface area contributed by atoms with Gasteiger partial charge in [0.25, 0.3) is 0 Å². The van der Waals surface area contributed by atoms with Gasteiger partial charge in [0, 0.05) is 11.9 Å². The third-order valence-electron chi connectivity index (χ3n) is 5.86. The molecule has 3 aromatic carbocycles. The minimum Gasteiger partial charge on any atom is -0.465 e. The molecule has 174 valence electrons. The monoisotopic (exact) mass is 510 g/mol. The van der Waals surface area contributed by atoms with Gasteiger partial charge in [-0.2, -0.15) is 0 Å². The van der Waals surface area contributed by atoms with Gasteiger partial charge in [0.1, 0.15) is 0 Å². The zero-order valence-electron chi connectivity index (χ0n) is 19.0. The van der Waals surface area contributed by atoms with Crippen molar-refractivity contribution in [1.29, 1.82) is 0 Å². The quantitative estimate of drug-likeness (QED) is 0.295. The Morgan fingerprint density at radius 2 is 1.67 bits per heavy atom. The molecule has 0 unspecified atom stereocenters. The molecule has 0 saturated heterocycles. The Labute approximate surface area is 204 Å². The SMILES string of the molecule is COC(=O)c1ccc(CBr)cc1.OC[C@H]1CC[C@H](OCc2ccccc2-c2ccccc2)C1. The van der Waals surface area contributed by atoms with E-state index >= 15 is 0 Å². The van der Waals surface area contributed by atoms with Gasteiger partial charge >= 0.3 is 5.97 Å². The second-order valence-electron chi connectivity index (χ2n) is 8.14. The number of alkyl halides is 1. The number of ether oxygens (including phenoxy) is 2. The Balaban J connectivity index is 0.000000218. The van der Waals surface area contributed by atoms with E-state index in [2.05, 4.69) is 69.2 Å². The summed E-state index contributed by atoms with van der Waals surface area (Å²) in [5.41, 5.74) is 5.44. The molecule has 4 nitrogen and oxygen atoms in total. The van der Waals surface area contributed by atoms with Crippen molar-refractivity contribution in [3.05, 3.63) is 95.6 Å². The average Bonchev–Trinajstić information content (AvgIpc) is 3.36. The molecule has 0 spiro atoms. The van der Waals surface area contributed by atoms with Crippen molar-refractivity contribution in [1.82, 2.24) is 0 Å². The summed E-state index contributed by atoms with van der Waals surface area (Å²) in [6.07, 6.45) is 3.44. The van der Waals surface area contributed by atoms with Crippen LogP contribution in [0.1, 0.15) is 40.7 Å². The lowest BCUT2D eigenvalue weighted by atomic mass is 10.0. The van der Waals surface area contributed by atoms with Crippen molar-refractivity contribution >= 4 is 21.9 Å². The molecule has 1 aliphatic rings. The number of hydrogen-bond donors (Lipinski definition) is 1. The van der Waals surface area contributed by atoms with Crippen molar-refractivity contribution in [3.63, 3.8) is 0 Å². The summed E-state index contributed by atoms with van der Waals surface area (Å²) in [6, 6.07) is 26.2. The van der Waals surface area contributed by atoms with Crippen LogP contribution in [0.4, 0.5) is 0 Å². The Morgan fingerprint density at radius 3 is 2.30 bits per heavy atom. The van der Waals surface area contributed by atoms with Crippen LogP contribution >= 0.6 is 15.9 Å². The Morgan fingerprint density at radius 1 is 0.970 bits per heavy atom. The van der Waals surface area contributed by atoms with Crippen molar-refractivity contribution in [2.75, 3.05) is 13.7 Å². The lowest BCUT2D eigenvalue weighted by molar-refractivity contribution is 0.0409. The molecule has 0 heterocycles. The smallest absolute Gasteiger partial charge is 0.337 e. The molecule has 1 aliphatic carbocycles. The maximum atomic E-state index is 11.0. The van der Waals surface area contributed by atoms with Gasteiger partial charge in [0.15, 0.2) is 0 Å². The number of halogens is 1. The number of esters is 1. The van der Waals surface area contributed by atoms with Crippen molar-refractivity contribution in [3.8, 4) is 11.1 Å². The first-order chi connectivity index (χ1) is 16.1. The molecule has 0 radical (unpaired) electrons. The van der Waals surface area contributed by atoms with Crippen molar-refractivity contribution < 1.29 is 19.4 Å². The summed E-state index contributed by atoms with van der Waals surface area (Å²) in [5, 5.41) is 10.0. The highest BCUT2D eigenvalue weighted by Crippen LogP contribution is 2.30. The lowest BCUT2D eigenvalue weighted by Gasteiger charge is -2.15. The van der Waals surface area contributed by atoms with Crippen LogP contribution in [-0.4, -0.2) is 30.9 Å². The number of rotatable bonds is 7. The summed E-state index contributed by atoms with van der Waals surface area (Å²) in [5.74, 6) is 0.135. The van der Waals surface area contributed by atoms with Crippen LogP contribution in [0.25, 0.3) is 11.1 Å². The Bertz CT molecular complexity index is 988. The number of benzene rings is 3. The van der Waals surface area contributed by atoms with Gasteiger partial charge in [-0.3, -0.25) is 0 Å². The lowest BCUT2D eigenvalue weighted by Crippen LogP contribution is -2.10. The fraction of sp³-hybridized carbons (Fsp3) is 0.321. The average molecular weight is 511 g/mol. The van der Waals surface area contributed by atoms with Crippen LogP contribution in [0.3, 0.4) is 0 Å². The van der Waals surface area contributed by atoms with Crippen molar-refractivity contribution in [2.24, 2.45) is 5.92 Å². The fourth-order valence-corrected chi connectivity index (χ4v) is 4.32. The number of methoxy groups -OCH3 is 1. The molecule has 2 atom stereocenters. The maximum Gasteiger partial charge on any atom is 0.337 e. The minimum absolute atomic E-state index is 0.292. The highest BCUT2D eigenvalue weighted by molar-refractivity contribution is 9.08. The molecule has 0 amide bonds. The van der Waals surface area contributed by atoms with Crippen LogP contribution in [-0.2, 0) is 21.4 Å². The van der Waals surface area contributed by atoms with E-state index in [0.29, 0.717) is 30.8 Å². The fourth-order valence-electron chi connectivity index (χ4n) is 3.95. The highest BCUT2D eigenvalue weighted by Gasteiger charge is 2.24. The van der Waals surface area contributed by atoms with E-state index in [1.807, 2.05) is 18.2 Å². The summed E-state index contributed by atoms with van der Waals surface area (Å²) in [7, 11) is 1.38. The molecule has 4 rings (SSSR count). The van der Waals surface area contributed by atoms with Crippen LogP contribution in [0.5, 0.6) is 0 Å². The zero-order valence-corrected chi connectivity index (χ0v) is 20.5. The van der Waals surface area contributed by atoms with Crippen LogP contribution < -0.4 is 0 Å². The molecule has 0 aromatic heterocycles. The third-order valence-corrected chi connectivity index (χ3v) is 6.50. The van der Waals surface area contributed by atoms with E-state index in [9.17, 15) is 9.90 Å². The molecule has 3 aromatic rings. The van der Waals surface area contributed by atoms with Gasteiger partial charge in [0.2, 0.25) is 0 Å². The molecule has 0 bridgehead atoms. The summed E-state index contributed by atoms with van der Waals surface area (Å²) in [6.45, 7) is 0.939. The van der Waals surface area contributed by atoms with E-state index in [-0.39, 0.29) is 5.97 Å². The molecule has 1 saturated carbocycles. The predicted molar refractivity (Wildman–Crippen MR) is 135 cm³/mol. The van der Waals surface area contributed by atoms with E-state index in [1.54, 1.807) is 12.1 Å². The minimum atomic E-state index is -0.295. The Hall–Kier alpha value is -2.47. The maximum absolute atomic E-state index is 11.0. The first kappa shape index (κ1) is 25.2. The third kappa shape index (κ3) is 7.53. The summed E-state index contributed by atoms with van der Waals surface area (Å²) < 4.78 is 10.6. The molecule has 1 N–H and O–H groups in total. The van der Waals surface area contributed by atoms with Gasteiger partial charge in [0.05, 0.1) is 25.4 Å². The number of hydrogen-bond acceptors (Lipinski definition) is 4. The van der Waals surface area contributed by atoms with Crippen molar-refractivity contribution in [2.45, 2.75) is 37.3 Å². The molecule has 1 fully saturated rings. The molecular weight excluding hydrogens is 480 g/mol. The normalized spacial score (nSPS) is 17.2. The molecule has 5 heteroatoms. The Kier molecular flexibility index (Phi) is 10.1. The van der Waals surface area contributed by atoms with Gasteiger partial charge in [-0.05, 0) is 59.6 Å². The van der Waals surface area contributed by atoms with Gasteiger partial charge < -0.3 is 14.6 Å². The van der Waals surface area contributed by atoms with E-state index in [4.69, 9.17) is 4.74 Å². The highest BCUT2D eigenvalue weighted by atomic mass is 79.9. The number of aliphatic hydroxyl groups excluding tert-OH is 1. The molecule has 33 heavy (non-hydrogen) atoms. The topological polar surface area (TPSA) is 55.8 Å². The largest absolute Gasteiger partial charge is 0.465 e. The van der Waals surface area contributed by atoms with E-state index in [1.165, 1.54) is 23.8 Å². The second kappa shape index (κ2) is 13.3. The first-order valence-corrected chi connectivity index (χ1v) is 12.4. The van der Waals surface area contributed by atoms with E-state index in [0.717, 1.165) is 30.2 Å². The van der Waals surface area contributed by atoms with Gasteiger partial charge in [-0.25, -0.2) is 4.79 Å². The number of carbonyl (C=O) groups is 1. The van der Waals surface area contributed by atoms with Crippen LogP contribution in [0, 0.1) is 5.92 Å². The molecule has 0 aliphatic heterocycles. The van der Waals surface area contributed by atoms with Crippen LogP contribution in [0.15, 0.2) is 78.9 Å². The van der Waals surface area contributed by atoms with E-state index < -0.39 is 0 Å². The summed E-state index contributed by atoms with van der Waals surface area (Å²) >= 11 is 3.32. The molecular formula is C28H31BrO4. The summed E-state index contributed by atoms with van der Waals surface area (Å²) in [4.78, 5) is 11.0. The first-order valence-electron chi connectivity index (χ1n) is 11.2. The second-order valence-corrected chi connectivity index (χ2v) is 8.70. The number of carbonyl (C=O) groups excluding carboxylic acids is 1. The standard InChI is InChI=1S/C19H22O2.C9H9BrO2/c20-13-15-10-11-18(12-15)21-14-17-8-4-5-9-19(17)16-6-2-1-3-7-16;1-12-9(11)8-4-2-7(6-10)3-5-8/h1-9,15,18,20H,10-14H2;2-5H,6H2,1H3/t15-,18-;/m0./s1. The van der Waals surface area contributed by atoms with Gasteiger partial charge in [-0.1, -0.05) is 82.7 Å². The van der Waals surface area contributed by atoms with Crippen LogP contribution in [0.2, 0.25) is 0 Å².